The van der Waals surface area contributed by atoms with Crippen molar-refractivity contribution in [1.82, 2.24) is 9.47 Å². The molecule has 1 heterocycles. The first-order valence-electron chi connectivity index (χ1n) is 5.02. The zero-order chi connectivity index (χ0) is 12.4. The van der Waals surface area contributed by atoms with Gasteiger partial charge >= 0.3 is 5.76 Å². The van der Waals surface area contributed by atoms with Crippen molar-refractivity contribution >= 4 is 39.4 Å². The third kappa shape index (κ3) is 2.53. The van der Waals surface area contributed by atoms with E-state index in [9.17, 15) is 4.79 Å². The first-order valence-corrected chi connectivity index (χ1v) is 6.41. The molecule has 0 amide bonds. The van der Waals surface area contributed by atoms with Gasteiger partial charge in [0.2, 0.25) is 0 Å². The summed E-state index contributed by atoms with van der Waals surface area (Å²) in [5.41, 5.74) is 1.40. The summed E-state index contributed by atoms with van der Waals surface area (Å²) >= 11 is 6.59. The molecule has 0 N–H and O–H groups in total. The number of fused-ring (bicyclic) bond motifs is 1. The highest BCUT2D eigenvalue weighted by Crippen LogP contribution is 2.16. The minimum atomic E-state index is -0.347. The van der Waals surface area contributed by atoms with Crippen LogP contribution in [0.5, 0.6) is 0 Å². The van der Waals surface area contributed by atoms with Crippen molar-refractivity contribution in [1.29, 1.82) is 0 Å². The number of hydrogen-bond acceptors (Lipinski definition) is 4. The molecule has 0 aliphatic heterocycles. The zero-order valence-corrected chi connectivity index (χ0v) is 11.2. The summed E-state index contributed by atoms with van der Waals surface area (Å²) in [6, 6.07) is 7.36. The fraction of sp³-hybridized carbons (Fsp3) is 0.273. The maximum absolute atomic E-state index is 11.6. The van der Waals surface area contributed by atoms with E-state index in [0.29, 0.717) is 11.5 Å². The maximum atomic E-state index is 11.6. The van der Waals surface area contributed by atoms with Gasteiger partial charge in [-0.25, -0.2) is 4.79 Å². The van der Waals surface area contributed by atoms with E-state index in [4.69, 9.17) is 16.6 Å². The van der Waals surface area contributed by atoms with Gasteiger partial charge in [0, 0.05) is 14.1 Å². The van der Waals surface area contributed by atoms with Crippen molar-refractivity contribution in [2.45, 2.75) is 5.88 Å². The Morgan fingerprint density at radius 3 is 2.88 bits per heavy atom. The van der Waals surface area contributed by atoms with E-state index in [2.05, 4.69) is 0 Å². The third-order valence-corrected chi connectivity index (χ3v) is 3.97. The Morgan fingerprint density at radius 2 is 2.18 bits per heavy atom. The van der Waals surface area contributed by atoms with Crippen LogP contribution in [0.2, 0.25) is 0 Å². The molecular weight excluding hydrogens is 256 g/mol. The molecule has 0 saturated carbocycles. The first kappa shape index (κ1) is 12.2. The van der Waals surface area contributed by atoms with Gasteiger partial charge in [-0.05, 0) is 12.1 Å². The molecule has 0 fully saturated rings. The molecule has 4 nitrogen and oxygen atoms in total. The summed E-state index contributed by atoms with van der Waals surface area (Å²) in [4.78, 5) is 13.5. The van der Waals surface area contributed by atoms with E-state index < -0.39 is 0 Å². The molecule has 0 unspecified atom stereocenters. The molecular formula is C11H12N2O2S2. The van der Waals surface area contributed by atoms with E-state index in [1.54, 1.807) is 10.6 Å². The van der Waals surface area contributed by atoms with Crippen molar-refractivity contribution in [3.8, 4) is 0 Å². The van der Waals surface area contributed by atoms with Crippen molar-refractivity contribution in [3.63, 3.8) is 0 Å². The summed E-state index contributed by atoms with van der Waals surface area (Å²) in [7, 11) is 3.76. The van der Waals surface area contributed by atoms with Crippen molar-refractivity contribution in [2.75, 3.05) is 14.1 Å². The van der Waals surface area contributed by atoms with Crippen LogP contribution in [-0.4, -0.2) is 27.9 Å². The van der Waals surface area contributed by atoms with E-state index >= 15 is 0 Å². The minimum Gasteiger partial charge on any atom is -0.408 e. The molecule has 0 radical (unpaired) electrons. The van der Waals surface area contributed by atoms with Crippen LogP contribution in [0.3, 0.4) is 0 Å². The van der Waals surface area contributed by atoms with Crippen LogP contribution >= 0.6 is 24.0 Å². The highest BCUT2D eigenvalue weighted by molar-refractivity contribution is 8.22. The first-order chi connectivity index (χ1) is 8.09. The number of nitrogens with zero attached hydrogens (tertiary/aromatic N) is 2. The van der Waals surface area contributed by atoms with Gasteiger partial charge in [-0.15, -0.1) is 0 Å². The van der Waals surface area contributed by atoms with Gasteiger partial charge in [-0.2, -0.15) is 0 Å². The fourth-order valence-corrected chi connectivity index (χ4v) is 2.29. The molecule has 0 saturated heterocycles. The van der Waals surface area contributed by atoms with Gasteiger partial charge in [0.05, 0.1) is 11.4 Å². The van der Waals surface area contributed by atoms with E-state index in [1.165, 1.54) is 11.8 Å². The Morgan fingerprint density at radius 1 is 1.47 bits per heavy atom. The van der Waals surface area contributed by atoms with Gasteiger partial charge in [-0.1, -0.05) is 36.1 Å². The Labute approximate surface area is 108 Å². The Kier molecular flexibility index (Phi) is 3.54. The minimum absolute atomic E-state index is 0.347. The smallest absolute Gasteiger partial charge is 0.408 e. The van der Waals surface area contributed by atoms with E-state index in [1.807, 2.05) is 37.2 Å². The number of thiocarbonyl (C=S) groups is 1. The molecule has 0 atom stereocenters. The van der Waals surface area contributed by atoms with Crippen molar-refractivity contribution in [2.24, 2.45) is 0 Å². The Bertz CT molecular complexity index is 601. The molecule has 1 aromatic heterocycles. The summed E-state index contributed by atoms with van der Waals surface area (Å²) in [6.45, 7) is 0. The number of benzene rings is 1. The lowest BCUT2D eigenvalue weighted by molar-refractivity contribution is 0.526. The number of para-hydroxylation sites is 2. The molecule has 0 bridgehead atoms. The monoisotopic (exact) mass is 268 g/mol. The summed E-state index contributed by atoms with van der Waals surface area (Å²) in [5.74, 6) is 0.118. The van der Waals surface area contributed by atoms with Gasteiger partial charge in [0.15, 0.2) is 5.58 Å². The van der Waals surface area contributed by atoms with Crippen LogP contribution < -0.4 is 5.76 Å². The van der Waals surface area contributed by atoms with Gasteiger partial charge < -0.3 is 9.32 Å². The lowest BCUT2D eigenvalue weighted by Gasteiger charge is -2.12. The molecule has 2 aromatic rings. The molecule has 1 aromatic carbocycles. The summed E-state index contributed by atoms with van der Waals surface area (Å²) in [5, 5.41) is 0. The second-order valence-electron chi connectivity index (χ2n) is 3.70. The Hall–Kier alpha value is -1.27. The van der Waals surface area contributed by atoms with Crippen LogP contribution in [0.4, 0.5) is 0 Å². The number of thioether (sulfide) groups is 1. The van der Waals surface area contributed by atoms with Crippen LogP contribution in [0.1, 0.15) is 0 Å². The lowest BCUT2D eigenvalue weighted by Crippen LogP contribution is -2.19. The average molecular weight is 268 g/mol. The molecule has 17 heavy (non-hydrogen) atoms. The van der Waals surface area contributed by atoms with Crippen molar-refractivity contribution < 1.29 is 4.42 Å². The van der Waals surface area contributed by atoms with E-state index in [0.717, 1.165) is 9.84 Å². The standard InChI is InChI=1S/C11H12N2O2S2/c1-12(2)11(16)17-7-13-8-5-3-4-6-9(8)15-10(13)14/h3-6H,7H2,1-2H3. The van der Waals surface area contributed by atoms with Gasteiger partial charge in [0.1, 0.15) is 4.32 Å². The summed E-state index contributed by atoms with van der Waals surface area (Å²) < 4.78 is 7.45. The van der Waals surface area contributed by atoms with Gasteiger partial charge in [0.25, 0.3) is 0 Å². The topological polar surface area (TPSA) is 38.4 Å². The third-order valence-electron chi connectivity index (χ3n) is 2.26. The number of rotatable bonds is 2. The number of aromatic nitrogens is 1. The molecule has 0 spiro atoms. The maximum Gasteiger partial charge on any atom is 0.420 e. The predicted molar refractivity (Wildman–Crippen MR) is 74.4 cm³/mol. The van der Waals surface area contributed by atoms with Crippen molar-refractivity contribution in [3.05, 3.63) is 34.8 Å². The van der Waals surface area contributed by atoms with E-state index in [-0.39, 0.29) is 5.76 Å². The highest BCUT2D eigenvalue weighted by Gasteiger charge is 2.09. The fourth-order valence-electron chi connectivity index (χ4n) is 1.39. The van der Waals surface area contributed by atoms with Crippen LogP contribution in [-0.2, 0) is 5.88 Å². The molecule has 0 aliphatic rings. The van der Waals surface area contributed by atoms with Gasteiger partial charge in [-0.3, -0.25) is 4.57 Å². The molecule has 2 rings (SSSR count). The zero-order valence-electron chi connectivity index (χ0n) is 9.54. The highest BCUT2D eigenvalue weighted by atomic mass is 32.2. The number of hydrogen-bond donors (Lipinski definition) is 0. The largest absolute Gasteiger partial charge is 0.420 e. The lowest BCUT2D eigenvalue weighted by atomic mass is 10.3. The normalized spacial score (nSPS) is 10.7. The second kappa shape index (κ2) is 4.93. The molecule has 90 valence electrons. The summed E-state index contributed by atoms with van der Waals surface area (Å²) in [6.07, 6.45) is 0. The molecule has 0 aliphatic carbocycles. The second-order valence-corrected chi connectivity index (χ2v) is 5.28. The van der Waals surface area contributed by atoms with Crippen LogP contribution in [0.25, 0.3) is 11.1 Å². The van der Waals surface area contributed by atoms with Crippen LogP contribution in [0.15, 0.2) is 33.5 Å². The van der Waals surface area contributed by atoms with Crippen LogP contribution in [0, 0.1) is 0 Å². The Balaban J connectivity index is 2.27. The SMILES string of the molecule is CN(C)C(=S)SCn1c(=O)oc2ccccc21. The quantitative estimate of drug-likeness (QED) is 0.780. The number of oxazole rings is 1. The predicted octanol–water partition coefficient (Wildman–Crippen LogP) is 2.13. The average Bonchev–Trinajstić information content (AvgIpc) is 2.61. The molecule has 6 heteroatoms.